The quantitative estimate of drug-likeness (QED) is 0.660. The number of anilines is 3. The van der Waals surface area contributed by atoms with Crippen LogP contribution in [-0.2, 0) is 9.59 Å². The first kappa shape index (κ1) is 20.3. The van der Waals surface area contributed by atoms with Crippen molar-refractivity contribution in [3.05, 3.63) is 60.8 Å². The zero-order valence-electron chi connectivity index (χ0n) is 17.1. The Balaban J connectivity index is 1.76. The second-order valence-electron chi connectivity index (χ2n) is 6.72. The predicted octanol–water partition coefficient (Wildman–Crippen LogP) is 4.07. The van der Waals surface area contributed by atoms with Gasteiger partial charge in [-0.2, -0.15) is 0 Å². The fourth-order valence-corrected chi connectivity index (χ4v) is 3.36. The third-order valence-corrected chi connectivity index (χ3v) is 4.86. The summed E-state index contributed by atoms with van der Waals surface area (Å²) in [7, 11) is 0. The molecule has 0 fully saturated rings. The van der Waals surface area contributed by atoms with Gasteiger partial charge in [0, 0.05) is 43.0 Å². The van der Waals surface area contributed by atoms with Gasteiger partial charge in [-0.3, -0.25) is 14.6 Å². The molecule has 2 aromatic carbocycles. The smallest absolute Gasteiger partial charge is 0.244 e. The summed E-state index contributed by atoms with van der Waals surface area (Å²) in [4.78, 5) is 33.0. The summed E-state index contributed by atoms with van der Waals surface area (Å²) in [6.07, 6.45) is 1.68. The summed E-state index contributed by atoms with van der Waals surface area (Å²) in [5, 5.41) is 3.80. The monoisotopic (exact) mass is 390 g/mol. The molecular weight excluding hydrogens is 364 g/mol. The SMILES string of the molecule is CCN(CC)c1ccc(NC(=O)CN(C(C)=O)c2cccc3cccnc23)cc1. The molecule has 150 valence electrons. The number of carbonyl (C=O) groups is 2. The van der Waals surface area contributed by atoms with Crippen LogP contribution in [0.15, 0.2) is 60.8 Å². The van der Waals surface area contributed by atoms with Crippen molar-refractivity contribution in [2.24, 2.45) is 0 Å². The Morgan fingerprint density at radius 3 is 2.31 bits per heavy atom. The molecule has 1 N–H and O–H groups in total. The molecule has 0 bridgehead atoms. The van der Waals surface area contributed by atoms with Gasteiger partial charge in [-0.1, -0.05) is 18.2 Å². The minimum absolute atomic E-state index is 0.0805. The highest BCUT2D eigenvalue weighted by atomic mass is 16.2. The molecule has 2 amide bonds. The van der Waals surface area contributed by atoms with Gasteiger partial charge < -0.3 is 15.1 Å². The predicted molar refractivity (Wildman–Crippen MR) is 118 cm³/mol. The van der Waals surface area contributed by atoms with Crippen molar-refractivity contribution in [3.8, 4) is 0 Å². The second kappa shape index (κ2) is 9.19. The fourth-order valence-electron chi connectivity index (χ4n) is 3.36. The number of pyridine rings is 1. The zero-order chi connectivity index (χ0) is 20.8. The number of amides is 2. The molecule has 3 aromatic rings. The van der Waals surface area contributed by atoms with E-state index in [-0.39, 0.29) is 18.4 Å². The highest BCUT2D eigenvalue weighted by molar-refractivity contribution is 6.06. The van der Waals surface area contributed by atoms with E-state index in [2.05, 4.69) is 29.0 Å². The van der Waals surface area contributed by atoms with Crippen LogP contribution in [0.1, 0.15) is 20.8 Å². The molecule has 29 heavy (non-hydrogen) atoms. The van der Waals surface area contributed by atoms with Crippen LogP contribution in [0.3, 0.4) is 0 Å². The van der Waals surface area contributed by atoms with Crippen LogP contribution < -0.4 is 15.1 Å². The molecule has 6 heteroatoms. The Bertz CT molecular complexity index is 992. The Morgan fingerprint density at radius 2 is 1.66 bits per heavy atom. The first-order chi connectivity index (χ1) is 14.0. The van der Waals surface area contributed by atoms with Crippen LogP contribution >= 0.6 is 0 Å². The fraction of sp³-hybridized carbons (Fsp3) is 0.261. The number of para-hydroxylation sites is 1. The lowest BCUT2D eigenvalue weighted by molar-refractivity contribution is -0.120. The van der Waals surface area contributed by atoms with Gasteiger partial charge in [0.05, 0.1) is 11.2 Å². The van der Waals surface area contributed by atoms with Crippen LogP contribution in [0.25, 0.3) is 10.9 Å². The lowest BCUT2D eigenvalue weighted by Gasteiger charge is -2.22. The molecule has 0 radical (unpaired) electrons. The minimum Gasteiger partial charge on any atom is -0.372 e. The number of benzene rings is 2. The van der Waals surface area contributed by atoms with Gasteiger partial charge in [-0.25, -0.2) is 0 Å². The zero-order valence-corrected chi connectivity index (χ0v) is 17.1. The number of rotatable bonds is 7. The Kier molecular flexibility index (Phi) is 6.44. The van der Waals surface area contributed by atoms with Crippen molar-refractivity contribution in [3.63, 3.8) is 0 Å². The van der Waals surface area contributed by atoms with Gasteiger partial charge in [-0.05, 0) is 50.2 Å². The summed E-state index contributed by atoms with van der Waals surface area (Å²) in [6, 6.07) is 17.1. The molecule has 0 aliphatic rings. The third-order valence-electron chi connectivity index (χ3n) is 4.86. The molecule has 1 heterocycles. The third kappa shape index (κ3) is 4.71. The summed E-state index contributed by atoms with van der Waals surface area (Å²) in [6.45, 7) is 7.44. The van der Waals surface area contributed by atoms with Crippen molar-refractivity contribution >= 4 is 39.8 Å². The summed E-state index contributed by atoms with van der Waals surface area (Å²) >= 11 is 0. The van der Waals surface area contributed by atoms with Crippen molar-refractivity contribution < 1.29 is 9.59 Å². The van der Waals surface area contributed by atoms with E-state index < -0.39 is 0 Å². The number of hydrogen-bond acceptors (Lipinski definition) is 4. The maximum absolute atomic E-state index is 12.6. The van der Waals surface area contributed by atoms with Crippen LogP contribution in [0, 0.1) is 0 Å². The van der Waals surface area contributed by atoms with E-state index in [1.165, 1.54) is 11.8 Å². The second-order valence-corrected chi connectivity index (χ2v) is 6.72. The summed E-state index contributed by atoms with van der Waals surface area (Å²) < 4.78 is 0. The lowest BCUT2D eigenvalue weighted by atomic mass is 10.1. The molecular formula is C23H26N4O2. The molecule has 0 saturated carbocycles. The molecule has 0 spiro atoms. The number of fused-ring (bicyclic) bond motifs is 1. The van der Waals surface area contributed by atoms with Crippen LogP contribution in [0.5, 0.6) is 0 Å². The Morgan fingerprint density at radius 1 is 0.966 bits per heavy atom. The van der Waals surface area contributed by atoms with Crippen LogP contribution in [0.4, 0.5) is 17.1 Å². The van der Waals surface area contributed by atoms with Gasteiger partial charge in [0.1, 0.15) is 6.54 Å². The van der Waals surface area contributed by atoms with Gasteiger partial charge >= 0.3 is 0 Å². The normalized spacial score (nSPS) is 10.6. The van der Waals surface area contributed by atoms with Gasteiger partial charge in [0.2, 0.25) is 11.8 Å². The molecule has 3 rings (SSSR count). The Labute approximate surface area is 171 Å². The van der Waals surface area contributed by atoms with Crippen molar-refractivity contribution in [1.29, 1.82) is 0 Å². The van der Waals surface area contributed by atoms with Crippen LogP contribution in [-0.4, -0.2) is 36.4 Å². The minimum atomic E-state index is -0.260. The molecule has 0 atom stereocenters. The maximum atomic E-state index is 12.6. The first-order valence-corrected chi connectivity index (χ1v) is 9.80. The van der Waals surface area contributed by atoms with E-state index in [1.807, 2.05) is 54.6 Å². The number of nitrogens with one attached hydrogen (secondary N) is 1. The Hall–Kier alpha value is -3.41. The summed E-state index contributed by atoms with van der Waals surface area (Å²) in [5.41, 5.74) is 3.13. The van der Waals surface area contributed by atoms with Gasteiger partial charge in [0.15, 0.2) is 0 Å². The maximum Gasteiger partial charge on any atom is 0.244 e. The number of nitrogens with zero attached hydrogens (tertiary/aromatic N) is 3. The molecule has 0 aliphatic carbocycles. The van der Waals surface area contributed by atoms with E-state index in [1.54, 1.807) is 6.20 Å². The number of hydrogen-bond donors (Lipinski definition) is 1. The van der Waals surface area contributed by atoms with Crippen molar-refractivity contribution in [1.82, 2.24) is 4.98 Å². The standard InChI is InChI=1S/C23H26N4O2/c1-4-26(5-2)20-13-11-19(12-14-20)25-22(29)16-27(17(3)28)21-10-6-8-18-9-7-15-24-23(18)21/h6-15H,4-5,16H2,1-3H3,(H,25,29). The molecule has 1 aromatic heterocycles. The van der Waals surface area contributed by atoms with E-state index in [0.717, 1.165) is 24.2 Å². The highest BCUT2D eigenvalue weighted by Gasteiger charge is 2.18. The highest BCUT2D eigenvalue weighted by Crippen LogP contribution is 2.25. The average molecular weight is 390 g/mol. The number of aromatic nitrogens is 1. The van der Waals surface area contributed by atoms with E-state index >= 15 is 0 Å². The van der Waals surface area contributed by atoms with E-state index in [0.29, 0.717) is 16.9 Å². The molecule has 0 aliphatic heterocycles. The van der Waals surface area contributed by atoms with Gasteiger partial charge in [0.25, 0.3) is 0 Å². The number of carbonyl (C=O) groups excluding carboxylic acids is 2. The molecule has 0 unspecified atom stereocenters. The molecule has 0 saturated heterocycles. The lowest BCUT2D eigenvalue weighted by Crippen LogP contribution is -2.36. The van der Waals surface area contributed by atoms with E-state index in [4.69, 9.17) is 0 Å². The largest absolute Gasteiger partial charge is 0.372 e. The topological polar surface area (TPSA) is 65.5 Å². The van der Waals surface area contributed by atoms with Crippen molar-refractivity contribution in [2.75, 3.05) is 34.8 Å². The van der Waals surface area contributed by atoms with E-state index in [9.17, 15) is 9.59 Å². The van der Waals surface area contributed by atoms with Gasteiger partial charge in [-0.15, -0.1) is 0 Å². The molecule has 6 nitrogen and oxygen atoms in total. The summed E-state index contributed by atoms with van der Waals surface area (Å²) in [5.74, 6) is -0.473. The van der Waals surface area contributed by atoms with Crippen LogP contribution in [0.2, 0.25) is 0 Å². The van der Waals surface area contributed by atoms with Crippen molar-refractivity contribution in [2.45, 2.75) is 20.8 Å². The first-order valence-electron chi connectivity index (χ1n) is 9.80. The average Bonchev–Trinajstić information content (AvgIpc) is 2.73.